The second-order valence-electron chi connectivity index (χ2n) is 3.26. The van der Waals surface area contributed by atoms with Crippen LogP contribution in [0.5, 0.6) is 0 Å². The van der Waals surface area contributed by atoms with Crippen molar-refractivity contribution in [2.24, 2.45) is 0 Å². The van der Waals surface area contributed by atoms with Crippen LogP contribution in [0.3, 0.4) is 0 Å². The highest BCUT2D eigenvalue weighted by Crippen LogP contribution is 2.29. The van der Waals surface area contributed by atoms with Crippen LogP contribution < -0.4 is 10.5 Å². The molecule has 2 aromatic rings. The number of rotatable bonds is 3. The summed E-state index contributed by atoms with van der Waals surface area (Å²) in [6.45, 7) is 0. The lowest BCUT2D eigenvalue weighted by Gasteiger charge is -2.08. The number of hydrogen-bond acceptors (Lipinski definition) is 6. The number of anilines is 2. The molecule has 6 nitrogen and oxygen atoms in total. The average Bonchev–Trinajstić information content (AvgIpc) is 2.71. The van der Waals surface area contributed by atoms with Gasteiger partial charge in [-0.05, 0) is 6.07 Å². The minimum Gasteiger partial charge on any atom is -0.374 e. The van der Waals surface area contributed by atoms with Crippen LogP contribution in [0.2, 0.25) is 5.02 Å². The molecule has 1 aromatic heterocycles. The van der Waals surface area contributed by atoms with Gasteiger partial charge in [-0.1, -0.05) is 22.9 Å². The van der Waals surface area contributed by atoms with E-state index in [1.54, 1.807) is 0 Å². The quantitative estimate of drug-likeness (QED) is 0.897. The van der Waals surface area contributed by atoms with Crippen LogP contribution in [0.25, 0.3) is 0 Å². The molecule has 0 aliphatic heterocycles. The van der Waals surface area contributed by atoms with Crippen molar-refractivity contribution < 1.29 is 17.2 Å². The predicted octanol–water partition coefficient (Wildman–Crippen LogP) is 1.85. The highest BCUT2D eigenvalue weighted by atomic mass is 35.5. The van der Waals surface area contributed by atoms with Crippen LogP contribution >= 0.6 is 22.9 Å². The lowest BCUT2D eigenvalue weighted by Crippen LogP contribution is -2.14. The first-order valence-electron chi connectivity index (χ1n) is 4.56. The van der Waals surface area contributed by atoms with Gasteiger partial charge in [-0.3, -0.25) is 4.72 Å². The summed E-state index contributed by atoms with van der Waals surface area (Å²) in [5, 5.41) is 6.16. The highest BCUT2D eigenvalue weighted by molar-refractivity contribution is 7.94. The van der Waals surface area contributed by atoms with E-state index in [9.17, 15) is 17.2 Å². The Balaban J connectivity index is 2.41. The largest absolute Gasteiger partial charge is 0.374 e. The monoisotopic (exact) mass is 326 g/mol. The van der Waals surface area contributed by atoms with Crippen LogP contribution in [0.4, 0.5) is 19.6 Å². The number of sulfonamides is 1. The fourth-order valence-electron chi connectivity index (χ4n) is 1.15. The van der Waals surface area contributed by atoms with E-state index in [1.165, 1.54) is 0 Å². The van der Waals surface area contributed by atoms with Crippen molar-refractivity contribution in [1.29, 1.82) is 0 Å². The number of nitrogen functional groups attached to an aromatic ring is 1. The number of nitrogens with two attached hydrogens (primary N) is 1. The smallest absolute Gasteiger partial charge is 0.291 e. The Morgan fingerprint density at radius 3 is 2.53 bits per heavy atom. The molecule has 0 aliphatic rings. The summed E-state index contributed by atoms with van der Waals surface area (Å²) >= 11 is 6.16. The minimum absolute atomic E-state index is 0.0638. The Kier molecular flexibility index (Phi) is 3.56. The summed E-state index contributed by atoms with van der Waals surface area (Å²) in [4.78, 5) is 0. The van der Waals surface area contributed by atoms with Crippen LogP contribution in [-0.2, 0) is 10.0 Å². The molecule has 0 atom stereocenters. The lowest BCUT2D eigenvalue weighted by molar-refractivity contribution is 0.582. The van der Waals surface area contributed by atoms with E-state index in [0.717, 1.165) is 6.07 Å². The van der Waals surface area contributed by atoms with Crippen molar-refractivity contribution >= 4 is 43.8 Å². The molecular formula is C8H5ClF2N4O2S2. The highest BCUT2D eigenvalue weighted by Gasteiger charge is 2.23. The Morgan fingerprint density at radius 2 is 2.00 bits per heavy atom. The molecule has 0 bridgehead atoms. The van der Waals surface area contributed by atoms with Gasteiger partial charge in [-0.25, -0.2) is 8.78 Å². The van der Waals surface area contributed by atoms with Gasteiger partial charge in [0, 0.05) is 6.07 Å². The van der Waals surface area contributed by atoms with Crippen molar-refractivity contribution in [2.45, 2.75) is 4.34 Å². The number of aromatic nitrogens is 2. The molecule has 0 saturated carbocycles. The van der Waals surface area contributed by atoms with Crippen molar-refractivity contribution in [2.75, 3.05) is 10.5 Å². The zero-order chi connectivity index (χ0) is 14.2. The fourth-order valence-corrected chi connectivity index (χ4v) is 3.32. The maximum absolute atomic E-state index is 13.5. The van der Waals surface area contributed by atoms with Crippen LogP contribution in [0.15, 0.2) is 16.5 Å². The minimum atomic E-state index is -4.18. The number of halogens is 3. The number of nitrogens with one attached hydrogen (secondary N) is 1. The van der Waals surface area contributed by atoms with Crippen molar-refractivity contribution in [1.82, 2.24) is 10.2 Å². The molecule has 0 aliphatic carbocycles. The van der Waals surface area contributed by atoms with Gasteiger partial charge in [0.25, 0.3) is 14.4 Å². The standard InChI is InChI=1S/C8H5ClF2N4O2S2/c9-4-1-3(10)2-5(11)6(4)15-19(16,17)8-14-13-7(12)18-8/h1-2,15H,(H2,12,13). The third-order valence-electron chi connectivity index (χ3n) is 1.90. The molecule has 0 amide bonds. The molecule has 0 saturated heterocycles. The summed E-state index contributed by atoms with van der Waals surface area (Å²) in [5.41, 5.74) is 4.68. The van der Waals surface area contributed by atoms with E-state index >= 15 is 0 Å². The SMILES string of the molecule is Nc1nnc(S(=O)(=O)Nc2c(F)cc(F)cc2Cl)s1. The van der Waals surface area contributed by atoms with Gasteiger partial charge in [0.2, 0.25) is 5.13 Å². The lowest BCUT2D eigenvalue weighted by atomic mass is 10.3. The number of benzene rings is 1. The summed E-state index contributed by atoms with van der Waals surface area (Å²) in [6, 6.07) is 1.27. The normalized spacial score (nSPS) is 11.5. The first-order valence-corrected chi connectivity index (χ1v) is 7.23. The fraction of sp³-hybridized carbons (Fsp3) is 0. The van der Waals surface area contributed by atoms with Crippen LogP contribution in [0.1, 0.15) is 0 Å². The van der Waals surface area contributed by atoms with Gasteiger partial charge in [0.15, 0.2) is 5.82 Å². The molecule has 102 valence electrons. The molecule has 11 heteroatoms. The molecule has 0 radical (unpaired) electrons. The first-order chi connectivity index (χ1) is 8.79. The molecule has 19 heavy (non-hydrogen) atoms. The van der Waals surface area contributed by atoms with Crippen molar-refractivity contribution in [3.8, 4) is 0 Å². The zero-order valence-electron chi connectivity index (χ0n) is 8.89. The predicted molar refractivity (Wildman–Crippen MR) is 66.5 cm³/mol. The summed E-state index contributed by atoms with van der Waals surface area (Å²) < 4.78 is 51.3. The molecule has 0 unspecified atom stereocenters. The van der Waals surface area contributed by atoms with Gasteiger partial charge in [-0.2, -0.15) is 8.42 Å². The topological polar surface area (TPSA) is 98.0 Å². The second kappa shape index (κ2) is 4.87. The molecule has 0 spiro atoms. The molecule has 1 heterocycles. The molecular weight excluding hydrogens is 322 g/mol. The molecule has 2 rings (SSSR count). The Bertz CT molecular complexity index is 711. The van der Waals surface area contributed by atoms with Gasteiger partial charge >= 0.3 is 0 Å². The Hall–Kier alpha value is -1.52. The van der Waals surface area contributed by atoms with Crippen LogP contribution in [0, 0.1) is 11.6 Å². The molecule has 0 fully saturated rings. The van der Waals surface area contributed by atoms with Gasteiger partial charge < -0.3 is 5.73 Å². The maximum atomic E-state index is 13.5. The van der Waals surface area contributed by atoms with E-state index in [1.807, 2.05) is 4.72 Å². The van der Waals surface area contributed by atoms with Gasteiger partial charge in [0.05, 0.1) is 5.02 Å². The number of nitrogens with zero attached hydrogens (tertiary/aromatic N) is 2. The van der Waals surface area contributed by atoms with E-state index in [4.69, 9.17) is 17.3 Å². The second-order valence-corrected chi connectivity index (χ2v) is 6.53. The molecule has 3 N–H and O–H groups in total. The maximum Gasteiger partial charge on any atom is 0.291 e. The van der Waals surface area contributed by atoms with E-state index in [-0.39, 0.29) is 5.13 Å². The average molecular weight is 327 g/mol. The van der Waals surface area contributed by atoms with Gasteiger partial charge in [-0.15, -0.1) is 10.2 Å². The Morgan fingerprint density at radius 1 is 1.32 bits per heavy atom. The molecule has 1 aromatic carbocycles. The first kappa shape index (κ1) is 13.9. The summed E-state index contributed by atoms with van der Waals surface area (Å²) in [6.07, 6.45) is 0. The summed E-state index contributed by atoms with van der Waals surface area (Å²) in [5.74, 6) is -2.07. The van der Waals surface area contributed by atoms with E-state index in [2.05, 4.69) is 10.2 Å². The third-order valence-corrected chi connectivity index (χ3v) is 4.66. The zero-order valence-corrected chi connectivity index (χ0v) is 11.3. The van der Waals surface area contributed by atoms with Gasteiger partial charge in [0.1, 0.15) is 11.5 Å². The van der Waals surface area contributed by atoms with E-state index in [0.29, 0.717) is 17.4 Å². The van der Waals surface area contributed by atoms with Crippen LogP contribution in [-0.4, -0.2) is 18.6 Å². The number of hydrogen-bond donors (Lipinski definition) is 2. The third kappa shape index (κ3) is 2.91. The summed E-state index contributed by atoms with van der Waals surface area (Å²) in [7, 11) is -4.18. The van der Waals surface area contributed by atoms with E-state index < -0.39 is 36.7 Å². The Labute approximate surface area is 115 Å². The van der Waals surface area contributed by atoms with Crippen molar-refractivity contribution in [3.05, 3.63) is 28.8 Å². The van der Waals surface area contributed by atoms with Crippen molar-refractivity contribution in [3.63, 3.8) is 0 Å².